The lowest BCUT2D eigenvalue weighted by Gasteiger charge is -2.22. The maximum atomic E-state index is 5.52. The van der Waals surface area contributed by atoms with E-state index in [1.165, 1.54) is 0 Å². The predicted octanol–water partition coefficient (Wildman–Crippen LogP) is 1.78. The summed E-state index contributed by atoms with van der Waals surface area (Å²) >= 11 is 0. The molecule has 2 aromatic heterocycles. The average molecular weight is 288 g/mol. The summed E-state index contributed by atoms with van der Waals surface area (Å²) in [6.45, 7) is 1.63. The van der Waals surface area contributed by atoms with Gasteiger partial charge in [-0.05, 0) is 12.5 Å². The molecule has 3 heterocycles. The van der Waals surface area contributed by atoms with Crippen LogP contribution < -0.4 is 4.74 Å². The first kappa shape index (κ1) is 14.0. The van der Waals surface area contributed by atoms with Crippen molar-refractivity contribution in [3.63, 3.8) is 0 Å². The number of pyridine rings is 1. The Hall–Kier alpha value is -1.92. The molecule has 0 aliphatic carbocycles. The molecule has 1 aliphatic rings. The average Bonchev–Trinajstić information content (AvgIpc) is 3.16. The van der Waals surface area contributed by atoms with E-state index in [1.807, 2.05) is 24.4 Å². The fourth-order valence-electron chi connectivity index (χ4n) is 2.82. The molecular weight excluding hydrogens is 268 g/mol. The smallest absolute Gasteiger partial charge is 0.213 e. The number of hydrogen-bond donors (Lipinski definition) is 1. The molecule has 0 spiro atoms. The highest BCUT2D eigenvalue weighted by molar-refractivity contribution is 5.16. The molecule has 1 saturated heterocycles. The second-order valence-corrected chi connectivity index (χ2v) is 5.18. The second-order valence-electron chi connectivity index (χ2n) is 5.18. The summed E-state index contributed by atoms with van der Waals surface area (Å²) in [5.74, 6) is 1.63. The first-order valence-electron chi connectivity index (χ1n) is 7.06. The molecule has 6 heteroatoms. The van der Waals surface area contributed by atoms with Gasteiger partial charge < -0.3 is 14.5 Å². The molecule has 0 saturated carbocycles. The Balaban J connectivity index is 1.78. The first-order valence-corrected chi connectivity index (χ1v) is 7.06. The number of methoxy groups -OCH3 is 2. The Morgan fingerprint density at radius 1 is 1.38 bits per heavy atom. The van der Waals surface area contributed by atoms with Crippen LogP contribution in [-0.4, -0.2) is 46.7 Å². The highest BCUT2D eigenvalue weighted by atomic mass is 16.5. The van der Waals surface area contributed by atoms with Crippen molar-refractivity contribution in [2.75, 3.05) is 20.8 Å². The van der Waals surface area contributed by atoms with E-state index in [-0.39, 0.29) is 12.1 Å². The van der Waals surface area contributed by atoms with Crippen LogP contribution in [0, 0.1) is 0 Å². The highest BCUT2D eigenvalue weighted by Gasteiger charge is 2.34. The molecule has 0 bridgehead atoms. The quantitative estimate of drug-likeness (QED) is 0.908. The molecule has 0 amide bonds. The van der Waals surface area contributed by atoms with Gasteiger partial charge in [0.15, 0.2) is 0 Å². The molecular formula is C15H20N4O2. The fourth-order valence-corrected chi connectivity index (χ4v) is 2.82. The fraction of sp³-hybridized carbons (Fsp3) is 0.467. The monoisotopic (exact) mass is 288 g/mol. The minimum atomic E-state index is 0.228. The lowest BCUT2D eigenvalue weighted by atomic mass is 10.2. The minimum absolute atomic E-state index is 0.228. The molecule has 0 aromatic carbocycles. The number of H-pyrrole nitrogens is 1. The Bertz CT molecular complexity index is 573. The molecule has 1 unspecified atom stereocenters. The van der Waals surface area contributed by atoms with Crippen LogP contribution in [0.4, 0.5) is 0 Å². The van der Waals surface area contributed by atoms with Crippen LogP contribution in [0.5, 0.6) is 5.88 Å². The van der Waals surface area contributed by atoms with E-state index in [9.17, 15) is 0 Å². The maximum Gasteiger partial charge on any atom is 0.213 e. The molecule has 21 heavy (non-hydrogen) atoms. The van der Waals surface area contributed by atoms with Crippen molar-refractivity contribution in [2.45, 2.75) is 25.1 Å². The summed E-state index contributed by atoms with van der Waals surface area (Å²) in [4.78, 5) is 14.4. The molecule has 1 fully saturated rings. The van der Waals surface area contributed by atoms with Crippen LogP contribution in [0.25, 0.3) is 0 Å². The van der Waals surface area contributed by atoms with Crippen molar-refractivity contribution in [1.29, 1.82) is 0 Å². The van der Waals surface area contributed by atoms with Crippen LogP contribution in [0.1, 0.15) is 24.0 Å². The lowest BCUT2D eigenvalue weighted by molar-refractivity contribution is 0.107. The van der Waals surface area contributed by atoms with Gasteiger partial charge in [0.1, 0.15) is 5.82 Å². The predicted molar refractivity (Wildman–Crippen MR) is 77.9 cm³/mol. The third-order valence-electron chi connectivity index (χ3n) is 3.89. The molecule has 2 aromatic rings. The normalized spacial score (nSPS) is 22.6. The zero-order chi connectivity index (χ0) is 14.7. The highest BCUT2D eigenvalue weighted by Crippen LogP contribution is 2.32. The summed E-state index contributed by atoms with van der Waals surface area (Å²) in [5.41, 5.74) is 0.989. The molecule has 6 nitrogen and oxygen atoms in total. The SMILES string of the molecule is COc1cccc(CN2C[C@H](OC)CC2c2ncc[nH]2)n1. The molecule has 112 valence electrons. The van der Waals surface area contributed by atoms with Gasteiger partial charge in [-0.25, -0.2) is 9.97 Å². The summed E-state index contributed by atoms with van der Waals surface area (Å²) in [6, 6.07) is 6.07. The molecule has 0 radical (unpaired) electrons. The minimum Gasteiger partial charge on any atom is -0.481 e. The summed E-state index contributed by atoms with van der Waals surface area (Å²) in [6.07, 6.45) is 4.81. The standard InChI is InChI=1S/C15H20N4O2/c1-20-12-8-13(15-16-6-7-17-15)19(10-12)9-11-4-3-5-14(18-11)21-2/h3-7,12-13H,8-10H2,1-2H3,(H,16,17)/t12-,13?/m1/s1. The van der Waals surface area contributed by atoms with Gasteiger partial charge >= 0.3 is 0 Å². The Kier molecular flexibility index (Phi) is 4.17. The van der Waals surface area contributed by atoms with Gasteiger partial charge in [-0.2, -0.15) is 0 Å². The van der Waals surface area contributed by atoms with E-state index < -0.39 is 0 Å². The number of nitrogens with zero attached hydrogens (tertiary/aromatic N) is 3. The first-order chi connectivity index (χ1) is 10.3. The maximum absolute atomic E-state index is 5.52. The molecule has 3 rings (SSSR count). The molecule has 1 aliphatic heterocycles. The van der Waals surface area contributed by atoms with Crippen molar-refractivity contribution >= 4 is 0 Å². The summed E-state index contributed by atoms with van der Waals surface area (Å²) in [5, 5.41) is 0. The van der Waals surface area contributed by atoms with E-state index in [1.54, 1.807) is 20.4 Å². The van der Waals surface area contributed by atoms with Gasteiger partial charge in [0.05, 0.1) is 24.9 Å². The van der Waals surface area contributed by atoms with Crippen molar-refractivity contribution < 1.29 is 9.47 Å². The van der Waals surface area contributed by atoms with Gasteiger partial charge in [-0.15, -0.1) is 0 Å². The van der Waals surface area contributed by atoms with Crippen LogP contribution >= 0.6 is 0 Å². The number of rotatable bonds is 5. The van der Waals surface area contributed by atoms with E-state index in [2.05, 4.69) is 19.9 Å². The molecule has 2 atom stereocenters. The number of nitrogens with one attached hydrogen (secondary N) is 1. The van der Waals surface area contributed by atoms with Crippen LogP contribution in [0.3, 0.4) is 0 Å². The second kappa shape index (κ2) is 6.24. The van der Waals surface area contributed by atoms with Crippen LogP contribution in [0.2, 0.25) is 0 Å². The van der Waals surface area contributed by atoms with Crippen molar-refractivity contribution in [2.24, 2.45) is 0 Å². The number of aromatic amines is 1. The topological polar surface area (TPSA) is 63.3 Å². The number of aromatic nitrogens is 3. The Labute approximate surface area is 124 Å². The van der Waals surface area contributed by atoms with Crippen LogP contribution in [-0.2, 0) is 11.3 Å². The van der Waals surface area contributed by atoms with Gasteiger partial charge in [-0.3, -0.25) is 4.90 Å². The Morgan fingerprint density at radius 2 is 2.29 bits per heavy atom. The zero-order valence-electron chi connectivity index (χ0n) is 12.3. The van der Waals surface area contributed by atoms with Crippen molar-refractivity contribution in [3.05, 3.63) is 42.1 Å². The summed E-state index contributed by atoms with van der Waals surface area (Å²) in [7, 11) is 3.39. The number of imidazole rings is 1. The van der Waals surface area contributed by atoms with E-state index in [4.69, 9.17) is 9.47 Å². The van der Waals surface area contributed by atoms with E-state index in [0.29, 0.717) is 5.88 Å². The van der Waals surface area contributed by atoms with E-state index >= 15 is 0 Å². The van der Waals surface area contributed by atoms with E-state index in [0.717, 1.165) is 31.0 Å². The number of hydrogen-bond acceptors (Lipinski definition) is 5. The van der Waals surface area contributed by atoms with Crippen LogP contribution in [0.15, 0.2) is 30.6 Å². The Morgan fingerprint density at radius 3 is 3.00 bits per heavy atom. The third kappa shape index (κ3) is 3.06. The van der Waals surface area contributed by atoms with Crippen molar-refractivity contribution in [3.8, 4) is 5.88 Å². The summed E-state index contributed by atoms with van der Waals surface area (Å²) < 4.78 is 10.7. The third-order valence-corrected chi connectivity index (χ3v) is 3.89. The lowest BCUT2D eigenvalue weighted by Crippen LogP contribution is -2.25. The number of likely N-dealkylation sites (tertiary alicyclic amines) is 1. The van der Waals surface area contributed by atoms with Gasteiger partial charge in [0.2, 0.25) is 5.88 Å². The largest absolute Gasteiger partial charge is 0.481 e. The molecule has 1 N–H and O–H groups in total. The van der Waals surface area contributed by atoms with Gasteiger partial charge in [0.25, 0.3) is 0 Å². The van der Waals surface area contributed by atoms with Crippen molar-refractivity contribution in [1.82, 2.24) is 19.9 Å². The van der Waals surface area contributed by atoms with Gasteiger partial charge in [0, 0.05) is 38.7 Å². The number of ether oxygens (including phenoxy) is 2. The zero-order valence-corrected chi connectivity index (χ0v) is 12.3. The van der Waals surface area contributed by atoms with Gasteiger partial charge in [-0.1, -0.05) is 6.07 Å².